The zero-order valence-corrected chi connectivity index (χ0v) is 11.4. The van der Waals surface area contributed by atoms with Gasteiger partial charge in [-0.25, -0.2) is 4.98 Å². The van der Waals surface area contributed by atoms with Crippen LogP contribution < -0.4 is 10.6 Å². The number of amides is 1. The van der Waals surface area contributed by atoms with E-state index in [0.717, 1.165) is 5.69 Å². The zero-order valence-electron chi connectivity index (χ0n) is 11.4. The molecule has 0 aliphatic rings. The van der Waals surface area contributed by atoms with Crippen LogP contribution in [0.4, 0.5) is 5.82 Å². The minimum absolute atomic E-state index is 0.140. The third-order valence-electron chi connectivity index (χ3n) is 2.45. The van der Waals surface area contributed by atoms with Crippen molar-refractivity contribution in [1.29, 1.82) is 5.26 Å². The summed E-state index contributed by atoms with van der Waals surface area (Å²) < 4.78 is 4.85. The Balaban J connectivity index is 2.61. The average molecular weight is 262 g/mol. The van der Waals surface area contributed by atoms with E-state index in [1.54, 1.807) is 33.1 Å². The molecule has 1 atom stereocenters. The molecule has 19 heavy (non-hydrogen) atoms. The molecule has 2 N–H and O–H groups in total. The van der Waals surface area contributed by atoms with Gasteiger partial charge >= 0.3 is 0 Å². The van der Waals surface area contributed by atoms with Crippen molar-refractivity contribution in [2.24, 2.45) is 0 Å². The minimum Gasteiger partial charge on any atom is -0.383 e. The van der Waals surface area contributed by atoms with Gasteiger partial charge in [-0.2, -0.15) is 5.26 Å². The van der Waals surface area contributed by atoms with Gasteiger partial charge < -0.3 is 15.4 Å². The first-order valence-electron chi connectivity index (χ1n) is 5.98. The highest BCUT2D eigenvalue weighted by Gasteiger charge is 2.12. The van der Waals surface area contributed by atoms with E-state index in [-0.39, 0.29) is 5.91 Å². The molecule has 0 fully saturated rings. The van der Waals surface area contributed by atoms with E-state index in [9.17, 15) is 4.79 Å². The fraction of sp³-hybridized carbons (Fsp3) is 0.462. The lowest BCUT2D eigenvalue weighted by atomic mass is 10.2. The van der Waals surface area contributed by atoms with E-state index in [1.165, 1.54) is 0 Å². The van der Waals surface area contributed by atoms with Gasteiger partial charge in [0.1, 0.15) is 11.9 Å². The number of ether oxygens (including phenoxy) is 1. The van der Waals surface area contributed by atoms with Crippen LogP contribution in [0, 0.1) is 18.3 Å². The van der Waals surface area contributed by atoms with Crippen LogP contribution in [-0.4, -0.2) is 37.2 Å². The molecule has 1 unspecified atom stereocenters. The molecule has 1 heterocycles. The number of nitrogens with zero attached hydrogens (tertiary/aromatic N) is 2. The minimum atomic E-state index is -0.433. The van der Waals surface area contributed by atoms with Gasteiger partial charge in [-0.1, -0.05) is 0 Å². The first kappa shape index (κ1) is 14.9. The summed E-state index contributed by atoms with van der Waals surface area (Å²) in [5.74, 6) is 0.379. The Kier molecular flexibility index (Phi) is 5.76. The Bertz CT molecular complexity index is 482. The maximum atomic E-state index is 11.7. The van der Waals surface area contributed by atoms with Gasteiger partial charge in [0.2, 0.25) is 5.91 Å². The second-order valence-corrected chi connectivity index (χ2v) is 4.14. The van der Waals surface area contributed by atoms with Crippen molar-refractivity contribution in [2.75, 3.05) is 25.6 Å². The maximum Gasteiger partial charge on any atom is 0.242 e. The van der Waals surface area contributed by atoms with Crippen LogP contribution in [0.2, 0.25) is 0 Å². The molecular formula is C13H18N4O2. The Labute approximate surface area is 112 Å². The van der Waals surface area contributed by atoms with Crippen molar-refractivity contribution in [3.05, 3.63) is 23.4 Å². The van der Waals surface area contributed by atoms with Crippen molar-refractivity contribution in [1.82, 2.24) is 10.3 Å². The topological polar surface area (TPSA) is 87.0 Å². The molecule has 0 aliphatic heterocycles. The zero-order chi connectivity index (χ0) is 14.3. The summed E-state index contributed by atoms with van der Waals surface area (Å²) in [6.45, 7) is 4.47. The van der Waals surface area contributed by atoms with Crippen LogP contribution in [0.3, 0.4) is 0 Å². The fourth-order valence-electron chi connectivity index (χ4n) is 1.52. The number of carbonyl (C=O) groups excluding carboxylic acids is 1. The van der Waals surface area contributed by atoms with E-state index < -0.39 is 6.04 Å². The predicted molar refractivity (Wildman–Crippen MR) is 71.7 cm³/mol. The molecule has 1 rings (SSSR count). The molecule has 0 saturated heterocycles. The molecular weight excluding hydrogens is 244 g/mol. The van der Waals surface area contributed by atoms with Crippen molar-refractivity contribution in [2.45, 2.75) is 19.9 Å². The Morgan fingerprint density at radius 1 is 1.58 bits per heavy atom. The van der Waals surface area contributed by atoms with E-state index in [2.05, 4.69) is 21.7 Å². The van der Waals surface area contributed by atoms with Gasteiger partial charge in [0.15, 0.2) is 0 Å². The van der Waals surface area contributed by atoms with Crippen molar-refractivity contribution in [3.8, 4) is 6.07 Å². The summed E-state index contributed by atoms with van der Waals surface area (Å²) in [5.41, 5.74) is 1.25. The van der Waals surface area contributed by atoms with Crippen LogP contribution in [0.1, 0.15) is 18.2 Å². The number of rotatable bonds is 6. The molecule has 0 aromatic carbocycles. The van der Waals surface area contributed by atoms with Gasteiger partial charge in [0, 0.05) is 19.3 Å². The van der Waals surface area contributed by atoms with Crippen molar-refractivity contribution in [3.63, 3.8) is 0 Å². The quantitative estimate of drug-likeness (QED) is 0.741. The number of anilines is 1. The van der Waals surface area contributed by atoms with Gasteiger partial charge in [0.05, 0.1) is 18.2 Å². The number of hydrogen-bond donors (Lipinski definition) is 2. The van der Waals surface area contributed by atoms with Crippen LogP contribution in [0.5, 0.6) is 0 Å². The lowest BCUT2D eigenvalue weighted by molar-refractivity contribution is -0.121. The Morgan fingerprint density at radius 2 is 2.32 bits per heavy atom. The monoisotopic (exact) mass is 262 g/mol. The maximum absolute atomic E-state index is 11.7. The molecule has 0 aliphatic carbocycles. The lowest BCUT2D eigenvalue weighted by Crippen LogP contribution is -2.39. The first-order valence-corrected chi connectivity index (χ1v) is 5.98. The second kappa shape index (κ2) is 7.34. The normalized spacial score (nSPS) is 11.5. The number of hydrogen-bond acceptors (Lipinski definition) is 5. The number of nitrogens with one attached hydrogen (secondary N) is 2. The fourth-order valence-corrected chi connectivity index (χ4v) is 1.52. The molecule has 6 heteroatoms. The summed E-state index contributed by atoms with van der Waals surface area (Å²) >= 11 is 0. The van der Waals surface area contributed by atoms with Crippen LogP contribution in [0.25, 0.3) is 0 Å². The average Bonchev–Trinajstić information content (AvgIpc) is 2.38. The summed E-state index contributed by atoms with van der Waals surface area (Å²) in [6, 6.07) is 4.93. The Morgan fingerprint density at radius 3 is 2.95 bits per heavy atom. The molecule has 0 saturated carbocycles. The summed E-state index contributed by atoms with van der Waals surface area (Å²) in [7, 11) is 1.58. The van der Waals surface area contributed by atoms with Crippen molar-refractivity contribution >= 4 is 11.7 Å². The number of methoxy groups -OCH3 is 1. The third-order valence-corrected chi connectivity index (χ3v) is 2.45. The summed E-state index contributed by atoms with van der Waals surface area (Å²) in [4.78, 5) is 16.0. The van der Waals surface area contributed by atoms with Gasteiger partial charge in [-0.3, -0.25) is 4.79 Å². The van der Waals surface area contributed by atoms with Crippen LogP contribution in [-0.2, 0) is 9.53 Å². The molecule has 1 aromatic rings. The van der Waals surface area contributed by atoms with E-state index >= 15 is 0 Å². The van der Waals surface area contributed by atoms with E-state index in [1.807, 2.05) is 0 Å². The summed E-state index contributed by atoms with van der Waals surface area (Å²) in [5, 5.41) is 14.6. The van der Waals surface area contributed by atoms with E-state index in [0.29, 0.717) is 24.5 Å². The number of nitriles is 1. The first-order chi connectivity index (χ1) is 9.06. The van der Waals surface area contributed by atoms with Gasteiger partial charge in [-0.05, 0) is 26.0 Å². The van der Waals surface area contributed by atoms with E-state index in [4.69, 9.17) is 10.00 Å². The van der Waals surface area contributed by atoms with Crippen LogP contribution in [0.15, 0.2) is 12.1 Å². The molecule has 6 nitrogen and oxygen atoms in total. The number of aryl methyl sites for hydroxylation is 1. The summed E-state index contributed by atoms with van der Waals surface area (Å²) in [6.07, 6.45) is 0. The largest absolute Gasteiger partial charge is 0.383 e. The van der Waals surface area contributed by atoms with Crippen molar-refractivity contribution < 1.29 is 9.53 Å². The predicted octanol–water partition coefficient (Wildman–Crippen LogP) is 0.825. The molecule has 0 spiro atoms. The molecule has 1 aromatic heterocycles. The molecule has 0 bridgehead atoms. The van der Waals surface area contributed by atoms with Gasteiger partial charge in [-0.15, -0.1) is 0 Å². The number of pyridine rings is 1. The number of aromatic nitrogens is 1. The molecule has 1 amide bonds. The number of carbonyl (C=O) groups is 1. The second-order valence-electron chi connectivity index (χ2n) is 4.14. The highest BCUT2D eigenvalue weighted by molar-refractivity contribution is 5.83. The smallest absolute Gasteiger partial charge is 0.242 e. The highest BCUT2D eigenvalue weighted by atomic mass is 16.5. The highest BCUT2D eigenvalue weighted by Crippen LogP contribution is 2.10. The molecule has 0 radical (unpaired) electrons. The standard InChI is InChI=1S/C13H18N4O2/c1-9-6-11(8-14)7-12(16-9)17-10(2)13(18)15-4-5-19-3/h6-7,10H,4-5H2,1-3H3,(H,15,18)(H,16,17). The SMILES string of the molecule is COCCNC(=O)C(C)Nc1cc(C#N)cc(C)n1. The third kappa shape index (κ3) is 4.94. The molecule has 102 valence electrons. The lowest BCUT2D eigenvalue weighted by Gasteiger charge is -2.15. The van der Waals surface area contributed by atoms with Gasteiger partial charge in [0.25, 0.3) is 0 Å². The Hall–Kier alpha value is -2.13. The van der Waals surface area contributed by atoms with Crippen LogP contribution >= 0.6 is 0 Å².